The largest absolute Gasteiger partial charge is 0.355 e. The van der Waals surface area contributed by atoms with Crippen molar-refractivity contribution in [3.8, 4) is 0 Å². The molecule has 0 aliphatic heterocycles. The van der Waals surface area contributed by atoms with Crippen LogP contribution in [0.3, 0.4) is 0 Å². The van der Waals surface area contributed by atoms with E-state index in [-0.39, 0.29) is 6.42 Å². The number of alkyl halides is 2. The maximum absolute atomic E-state index is 12.1. The second kappa shape index (κ2) is 3.77. The highest BCUT2D eigenvalue weighted by atomic mass is 19.3. The van der Waals surface area contributed by atoms with Crippen LogP contribution in [-0.4, -0.2) is 13.2 Å². The Morgan fingerprint density at radius 2 is 2.00 bits per heavy atom. The van der Waals surface area contributed by atoms with Crippen LogP contribution in [-0.2, 0) is 4.74 Å². The maximum Gasteiger partial charge on any atom is 0.355 e. The molecular formula is C6H12F2O. The molecule has 56 valence electrons. The van der Waals surface area contributed by atoms with Gasteiger partial charge in [-0.3, -0.25) is 0 Å². The normalized spacial score (nSPS) is 12.0. The quantitative estimate of drug-likeness (QED) is 0.579. The van der Waals surface area contributed by atoms with Crippen molar-refractivity contribution in [2.24, 2.45) is 0 Å². The van der Waals surface area contributed by atoms with Crippen LogP contribution in [0, 0.1) is 0 Å². The van der Waals surface area contributed by atoms with Gasteiger partial charge < -0.3 is 4.74 Å². The second-order valence-electron chi connectivity index (χ2n) is 1.95. The summed E-state index contributed by atoms with van der Waals surface area (Å²) in [5.74, 6) is 0. The molecule has 0 heterocycles. The van der Waals surface area contributed by atoms with E-state index in [1.54, 1.807) is 0 Å². The third-order valence-electron chi connectivity index (χ3n) is 1.12. The molecule has 0 saturated carbocycles. The standard InChI is InChI=1S/C6H12F2O/c1-3-4-5-6(7,8)9-2/h3-5H2,1-2H3. The van der Waals surface area contributed by atoms with Gasteiger partial charge in [0.1, 0.15) is 0 Å². The van der Waals surface area contributed by atoms with Gasteiger partial charge in [-0.15, -0.1) is 0 Å². The van der Waals surface area contributed by atoms with E-state index in [0.29, 0.717) is 6.42 Å². The number of unbranched alkanes of at least 4 members (excludes halogenated alkanes) is 1. The molecule has 0 aliphatic rings. The topological polar surface area (TPSA) is 9.23 Å². The first-order valence-corrected chi connectivity index (χ1v) is 3.05. The minimum Gasteiger partial charge on any atom is -0.324 e. The van der Waals surface area contributed by atoms with Crippen LogP contribution in [0.25, 0.3) is 0 Å². The molecule has 0 aromatic carbocycles. The van der Waals surface area contributed by atoms with E-state index in [9.17, 15) is 8.78 Å². The molecule has 0 aliphatic carbocycles. The van der Waals surface area contributed by atoms with Gasteiger partial charge in [0.25, 0.3) is 0 Å². The Morgan fingerprint density at radius 1 is 1.44 bits per heavy atom. The van der Waals surface area contributed by atoms with Gasteiger partial charge in [-0.1, -0.05) is 13.3 Å². The predicted molar refractivity (Wildman–Crippen MR) is 31.5 cm³/mol. The number of hydrogen-bond acceptors (Lipinski definition) is 1. The lowest BCUT2D eigenvalue weighted by Gasteiger charge is -2.11. The third-order valence-corrected chi connectivity index (χ3v) is 1.12. The third kappa shape index (κ3) is 4.33. The van der Waals surface area contributed by atoms with Crippen molar-refractivity contribution in [2.45, 2.75) is 32.3 Å². The first-order chi connectivity index (χ1) is 4.12. The fourth-order valence-corrected chi connectivity index (χ4v) is 0.485. The lowest BCUT2D eigenvalue weighted by atomic mass is 10.2. The minimum absolute atomic E-state index is 0.167. The van der Waals surface area contributed by atoms with Crippen LogP contribution in [0.5, 0.6) is 0 Å². The van der Waals surface area contributed by atoms with E-state index in [1.807, 2.05) is 6.92 Å². The van der Waals surface area contributed by atoms with Crippen LogP contribution in [0.2, 0.25) is 0 Å². The van der Waals surface area contributed by atoms with Crippen LogP contribution < -0.4 is 0 Å². The van der Waals surface area contributed by atoms with Crippen molar-refractivity contribution in [1.29, 1.82) is 0 Å². The van der Waals surface area contributed by atoms with Crippen LogP contribution in [0.15, 0.2) is 0 Å². The van der Waals surface area contributed by atoms with Crippen LogP contribution in [0.4, 0.5) is 8.78 Å². The summed E-state index contributed by atoms with van der Waals surface area (Å²) in [6, 6.07) is 0. The van der Waals surface area contributed by atoms with Crippen molar-refractivity contribution in [2.75, 3.05) is 7.11 Å². The Labute approximate surface area is 54.0 Å². The van der Waals surface area contributed by atoms with Crippen LogP contribution >= 0.6 is 0 Å². The van der Waals surface area contributed by atoms with Gasteiger partial charge in [0.2, 0.25) is 0 Å². The van der Waals surface area contributed by atoms with E-state index in [0.717, 1.165) is 13.5 Å². The zero-order valence-corrected chi connectivity index (χ0v) is 5.79. The Kier molecular flexibility index (Phi) is 3.70. The summed E-state index contributed by atoms with van der Waals surface area (Å²) in [6.45, 7) is 1.87. The average Bonchev–Trinajstić information content (AvgIpc) is 1.84. The fraction of sp³-hybridized carbons (Fsp3) is 1.00. The summed E-state index contributed by atoms with van der Waals surface area (Å²) in [6.07, 6.45) is -1.78. The Hall–Kier alpha value is -0.180. The molecule has 0 bridgehead atoms. The van der Waals surface area contributed by atoms with Crippen molar-refractivity contribution in [3.05, 3.63) is 0 Å². The molecule has 0 aromatic rings. The molecule has 0 amide bonds. The maximum atomic E-state index is 12.1. The van der Waals surface area contributed by atoms with Crippen molar-refractivity contribution >= 4 is 0 Å². The first kappa shape index (κ1) is 8.82. The van der Waals surface area contributed by atoms with Gasteiger partial charge in [-0.25, -0.2) is 0 Å². The molecule has 0 N–H and O–H groups in total. The molecule has 0 fully saturated rings. The number of methoxy groups -OCH3 is 1. The molecular weight excluding hydrogens is 126 g/mol. The van der Waals surface area contributed by atoms with Crippen molar-refractivity contribution < 1.29 is 13.5 Å². The van der Waals surface area contributed by atoms with Gasteiger partial charge in [0.15, 0.2) is 0 Å². The van der Waals surface area contributed by atoms with E-state index >= 15 is 0 Å². The highest BCUT2D eigenvalue weighted by Crippen LogP contribution is 2.20. The number of rotatable bonds is 4. The van der Waals surface area contributed by atoms with Gasteiger partial charge in [0.05, 0.1) is 0 Å². The van der Waals surface area contributed by atoms with Crippen molar-refractivity contribution in [1.82, 2.24) is 0 Å². The predicted octanol–water partition coefficient (Wildman–Crippen LogP) is 2.42. The summed E-state index contributed by atoms with van der Waals surface area (Å²) < 4.78 is 28.1. The number of hydrogen-bond donors (Lipinski definition) is 0. The Morgan fingerprint density at radius 3 is 2.33 bits per heavy atom. The lowest BCUT2D eigenvalue weighted by molar-refractivity contribution is -0.225. The monoisotopic (exact) mass is 138 g/mol. The van der Waals surface area contributed by atoms with Gasteiger partial charge in [0, 0.05) is 13.5 Å². The number of ether oxygens (including phenoxy) is 1. The highest BCUT2D eigenvalue weighted by Gasteiger charge is 2.26. The number of halogens is 2. The molecule has 0 atom stereocenters. The summed E-state index contributed by atoms with van der Waals surface area (Å²) in [7, 11) is 1.02. The average molecular weight is 138 g/mol. The SMILES string of the molecule is CCCCC(F)(F)OC. The molecule has 0 rings (SSSR count). The smallest absolute Gasteiger partial charge is 0.324 e. The summed E-state index contributed by atoms with van der Waals surface area (Å²) in [4.78, 5) is 0. The van der Waals surface area contributed by atoms with Gasteiger partial charge in [-0.2, -0.15) is 8.78 Å². The van der Waals surface area contributed by atoms with E-state index < -0.39 is 6.11 Å². The Bertz CT molecular complexity index is 73.5. The Balaban J connectivity index is 3.33. The lowest BCUT2D eigenvalue weighted by Crippen LogP contribution is -2.17. The molecule has 9 heavy (non-hydrogen) atoms. The summed E-state index contributed by atoms with van der Waals surface area (Å²) >= 11 is 0. The van der Waals surface area contributed by atoms with Crippen LogP contribution in [0.1, 0.15) is 26.2 Å². The first-order valence-electron chi connectivity index (χ1n) is 3.05. The molecule has 1 nitrogen and oxygen atoms in total. The summed E-state index contributed by atoms with van der Waals surface area (Å²) in [5, 5.41) is 0. The molecule has 0 spiro atoms. The van der Waals surface area contributed by atoms with E-state index in [4.69, 9.17) is 0 Å². The molecule has 0 aromatic heterocycles. The van der Waals surface area contributed by atoms with E-state index in [2.05, 4.69) is 4.74 Å². The zero-order chi connectivity index (χ0) is 7.33. The van der Waals surface area contributed by atoms with Gasteiger partial charge >= 0.3 is 6.11 Å². The van der Waals surface area contributed by atoms with E-state index in [1.165, 1.54) is 0 Å². The molecule has 3 heteroatoms. The second-order valence-corrected chi connectivity index (χ2v) is 1.95. The minimum atomic E-state index is -2.91. The van der Waals surface area contributed by atoms with Gasteiger partial charge in [-0.05, 0) is 6.42 Å². The summed E-state index contributed by atoms with van der Waals surface area (Å²) in [5.41, 5.74) is 0. The highest BCUT2D eigenvalue weighted by molar-refractivity contribution is 4.49. The molecule has 0 saturated heterocycles. The fourth-order valence-electron chi connectivity index (χ4n) is 0.485. The molecule has 0 radical (unpaired) electrons. The zero-order valence-electron chi connectivity index (χ0n) is 5.79. The van der Waals surface area contributed by atoms with Crippen molar-refractivity contribution in [3.63, 3.8) is 0 Å². The molecule has 0 unspecified atom stereocenters.